The number of aromatic hydroxyl groups is 1. The number of nitrogen functional groups attached to an aromatic ring is 1. The van der Waals surface area contributed by atoms with Gasteiger partial charge in [0.25, 0.3) is 5.69 Å². The molecule has 0 saturated heterocycles. The summed E-state index contributed by atoms with van der Waals surface area (Å²) in [6.45, 7) is 1.59. The molecule has 12 heavy (non-hydrogen) atoms. The van der Waals surface area contributed by atoms with Crippen LogP contribution in [-0.4, -0.2) is 10.0 Å². The van der Waals surface area contributed by atoms with Crippen molar-refractivity contribution < 1.29 is 10.0 Å². The maximum absolute atomic E-state index is 10.3. The number of non-ortho nitro benzene ring substituents is 1. The zero-order chi connectivity index (χ0) is 9.30. The molecule has 5 heteroatoms. The van der Waals surface area contributed by atoms with Gasteiger partial charge in [0.15, 0.2) is 0 Å². The Bertz CT molecular complexity index is 312. The van der Waals surface area contributed by atoms with E-state index in [1.165, 1.54) is 6.07 Å². The molecule has 1 aromatic rings. The van der Waals surface area contributed by atoms with E-state index in [4.69, 9.17) is 10.8 Å². The van der Waals surface area contributed by atoms with Crippen LogP contribution < -0.4 is 5.73 Å². The summed E-state index contributed by atoms with van der Waals surface area (Å²) in [6.07, 6.45) is 0. The first-order valence-corrected chi connectivity index (χ1v) is 3.26. The van der Waals surface area contributed by atoms with Crippen LogP contribution in [0.4, 0.5) is 11.4 Å². The van der Waals surface area contributed by atoms with Crippen LogP contribution in [0, 0.1) is 17.0 Å². The second-order valence-corrected chi connectivity index (χ2v) is 2.44. The summed E-state index contributed by atoms with van der Waals surface area (Å²) in [5, 5.41) is 19.4. The van der Waals surface area contributed by atoms with Crippen LogP contribution in [0.15, 0.2) is 12.1 Å². The molecule has 0 aliphatic heterocycles. The lowest BCUT2D eigenvalue weighted by Gasteiger charge is -2.01. The summed E-state index contributed by atoms with van der Waals surface area (Å²) in [6, 6.07) is 2.29. The Balaban J connectivity index is 3.31. The van der Waals surface area contributed by atoms with Gasteiger partial charge < -0.3 is 10.8 Å². The van der Waals surface area contributed by atoms with Crippen molar-refractivity contribution in [3.63, 3.8) is 0 Å². The summed E-state index contributed by atoms with van der Waals surface area (Å²) < 4.78 is 0. The predicted octanol–water partition coefficient (Wildman–Crippen LogP) is 1.19. The fourth-order valence-electron chi connectivity index (χ4n) is 0.811. The number of phenolic OH excluding ortho intramolecular Hbond substituents is 1. The van der Waals surface area contributed by atoms with Crippen LogP contribution in [-0.2, 0) is 0 Å². The average molecular weight is 168 g/mol. The summed E-state index contributed by atoms with van der Waals surface area (Å²) in [7, 11) is 0. The smallest absolute Gasteiger partial charge is 0.275 e. The van der Waals surface area contributed by atoms with Gasteiger partial charge in [-0.25, -0.2) is 0 Å². The van der Waals surface area contributed by atoms with Crippen molar-refractivity contribution in [1.29, 1.82) is 0 Å². The van der Waals surface area contributed by atoms with Gasteiger partial charge in [-0.15, -0.1) is 0 Å². The highest BCUT2D eigenvalue weighted by Crippen LogP contribution is 2.28. The van der Waals surface area contributed by atoms with Gasteiger partial charge in [-0.2, -0.15) is 0 Å². The molecule has 3 N–H and O–H groups in total. The minimum absolute atomic E-state index is 0.151. The SMILES string of the molecule is Cc1c(N)cc([N+](=O)[O-])cc1O. The van der Waals surface area contributed by atoms with Crippen LogP contribution in [0.1, 0.15) is 5.56 Å². The Morgan fingerprint density at radius 2 is 2.17 bits per heavy atom. The highest BCUT2D eigenvalue weighted by atomic mass is 16.6. The number of nitrogens with zero attached hydrogens (tertiary/aromatic N) is 1. The molecule has 0 radical (unpaired) electrons. The van der Waals surface area contributed by atoms with Crippen LogP contribution >= 0.6 is 0 Å². The molecule has 0 aromatic heterocycles. The number of nitro benzene ring substituents is 1. The number of nitro groups is 1. The predicted molar refractivity (Wildman–Crippen MR) is 43.9 cm³/mol. The minimum atomic E-state index is -0.602. The van der Waals surface area contributed by atoms with Crippen LogP contribution in [0.2, 0.25) is 0 Å². The Morgan fingerprint density at radius 3 is 2.58 bits per heavy atom. The molecule has 0 aliphatic carbocycles. The second-order valence-electron chi connectivity index (χ2n) is 2.44. The second kappa shape index (κ2) is 2.69. The van der Waals surface area contributed by atoms with Crippen molar-refractivity contribution >= 4 is 11.4 Å². The van der Waals surface area contributed by atoms with E-state index in [2.05, 4.69) is 0 Å². The Hall–Kier alpha value is -1.78. The van der Waals surface area contributed by atoms with Crippen LogP contribution in [0.3, 0.4) is 0 Å². The van der Waals surface area contributed by atoms with Crippen molar-refractivity contribution in [2.45, 2.75) is 6.92 Å². The fourth-order valence-corrected chi connectivity index (χ4v) is 0.811. The number of benzene rings is 1. The lowest BCUT2D eigenvalue weighted by Crippen LogP contribution is -1.94. The molecule has 1 rings (SSSR count). The van der Waals surface area contributed by atoms with Gasteiger partial charge in [-0.3, -0.25) is 10.1 Å². The van der Waals surface area contributed by atoms with Gasteiger partial charge in [0.05, 0.1) is 11.0 Å². The lowest BCUT2D eigenvalue weighted by atomic mass is 10.1. The first-order valence-electron chi connectivity index (χ1n) is 3.26. The average Bonchev–Trinajstić information content (AvgIpc) is 1.99. The van der Waals surface area contributed by atoms with Gasteiger partial charge in [0.2, 0.25) is 0 Å². The normalized spacial score (nSPS) is 9.75. The first kappa shape index (κ1) is 8.32. The van der Waals surface area contributed by atoms with E-state index in [1.54, 1.807) is 6.92 Å². The highest BCUT2D eigenvalue weighted by molar-refractivity contribution is 5.59. The van der Waals surface area contributed by atoms with E-state index >= 15 is 0 Å². The summed E-state index contributed by atoms with van der Waals surface area (Å²) in [5.41, 5.74) is 5.88. The van der Waals surface area contributed by atoms with Crippen molar-refractivity contribution in [3.05, 3.63) is 27.8 Å². The molecule has 0 atom stereocenters. The number of hydrogen-bond donors (Lipinski definition) is 2. The lowest BCUT2D eigenvalue weighted by molar-refractivity contribution is -0.384. The fraction of sp³-hybridized carbons (Fsp3) is 0.143. The van der Waals surface area contributed by atoms with Gasteiger partial charge >= 0.3 is 0 Å². The topological polar surface area (TPSA) is 89.4 Å². The highest BCUT2D eigenvalue weighted by Gasteiger charge is 2.10. The Kier molecular flexibility index (Phi) is 1.86. The third-order valence-corrected chi connectivity index (χ3v) is 1.62. The van der Waals surface area contributed by atoms with Crippen LogP contribution in [0.5, 0.6) is 5.75 Å². The summed E-state index contributed by atoms with van der Waals surface area (Å²) in [5.74, 6) is -0.151. The van der Waals surface area contributed by atoms with Crippen molar-refractivity contribution in [1.82, 2.24) is 0 Å². The summed E-state index contributed by atoms with van der Waals surface area (Å²) in [4.78, 5) is 9.65. The minimum Gasteiger partial charge on any atom is -0.507 e. The van der Waals surface area contributed by atoms with Crippen molar-refractivity contribution in [2.75, 3.05) is 5.73 Å². The van der Waals surface area contributed by atoms with E-state index < -0.39 is 4.92 Å². The summed E-state index contributed by atoms with van der Waals surface area (Å²) >= 11 is 0. The largest absolute Gasteiger partial charge is 0.507 e. The number of nitrogens with two attached hydrogens (primary N) is 1. The number of anilines is 1. The molecule has 64 valence electrons. The molecule has 0 aliphatic rings. The molecule has 0 unspecified atom stereocenters. The molecule has 0 fully saturated rings. The molecule has 5 nitrogen and oxygen atoms in total. The van der Waals surface area contributed by atoms with E-state index in [9.17, 15) is 10.1 Å². The molecule has 0 saturated carbocycles. The zero-order valence-corrected chi connectivity index (χ0v) is 6.44. The van der Waals surface area contributed by atoms with E-state index in [-0.39, 0.29) is 17.1 Å². The Morgan fingerprint density at radius 1 is 1.58 bits per heavy atom. The third-order valence-electron chi connectivity index (χ3n) is 1.62. The van der Waals surface area contributed by atoms with Gasteiger partial charge in [0.1, 0.15) is 5.75 Å². The third kappa shape index (κ3) is 1.29. The molecule has 0 spiro atoms. The first-order chi connectivity index (χ1) is 5.52. The maximum atomic E-state index is 10.3. The van der Waals surface area contributed by atoms with Gasteiger partial charge in [-0.1, -0.05) is 0 Å². The monoisotopic (exact) mass is 168 g/mol. The molecule has 0 bridgehead atoms. The van der Waals surface area contributed by atoms with Gasteiger partial charge in [-0.05, 0) is 6.92 Å². The quantitative estimate of drug-likeness (QED) is 0.374. The molecular formula is C7H8N2O3. The molecule has 1 aromatic carbocycles. The standard InChI is InChI=1S/C7H8N2O3/c1-4-6(8)2-5(9(11)12)3-7(4)10/h2-3,10H,8H2,1H3. The van der Waals surface area contributed by atoms with Crippen molar-refractivity contribution in [2.24, 2.45) is 0 Å². The zero-order valence-electron chi connectivity index (χ0n) is 6.44. The van der Waals surface area contributed by atoms with Crippen molar-refractivity contribution in [3.8, 4) is 5.75 Å². The van der Waals surface area contributed by atoms with E-state index in [1.807, 2.05) is 0 Å². The van der Waals surface area contributed by atoms with E-state index in [0.717, 1.165) is 6.07 Å². The van der Waals surface area contributed by atoms with E-state index in [0.29, 0.717) is 5.56 Å². The van der Waals surface area contributed by atoms with Gasteiger partial charge in [0, 0.05) is 17.3 Å². The molecule has 0 heterocycles. The number of hydrogen-bond acceptors (Lipinski definition) is 4. The molecule has 0 amide bonds. The number of rotatable bonds is 1. The van der Waals surface area contributed by atoms with Crippen LogP contribution in [0.25, 0.3) is 0 Å². The molecular weight excluding hydrogens is 160 g/mol. The number of phenols is 1. The maximum Gasteiger partial charge on any atom is 0.275 e. The Labute approximate surface area is 68.6 Å².